The van der Waals surface area contributed by atoms with E-state index < -0.39 is 0 Å². The Morgan fingerprint density at radius 2 is 2.38 bits per heavy atom. The van der Waals surface area contributed by atoms with Crippen LogP contribution in [0.5, 0.6) is 5.88 Å². The van der Waals surface area contributed by atoms with Crippen LogP contribution in [0.25, 0.3) is 0 Å². The van der Waals surface area contributed by atoms with Gasteiger partial charge in [0.25, 0.3) is 0 Å². The molecule has 0 bridgehead atoms. The normalized spacial score (nSPS) is 9.69. The van der Waals surface area contributed by atoms with Gasteiger partial charge in [0, 0.05) is 0 Å². The van der Waals surface area contributed by atoms with Crippen LogP contribution in [0, 0.1) is 0 Å². The van der Waals surface area contributed by atoms with Gasteiger partial charge in [0.05, 0.1) is 6.61 Å². The standard InChI is InChI=1S/C8H8BrClN2O/c1-2-3-4-13-8-6(9)7(10)11-5-12-8/h2,5H,1,3-4H2. The van der Waals surface area contributed by atoms with E-state index in [2.05, 4.69) is 32.5 Å². The van der Waals surface area contributed by atoms with Crippen molar-refractivity contribution in [2.24, 2.45) is 0 Å². The van der Waals surface area contributed by atoms with E-state index in [0.717, 1.165) is 6.42 Å². The van der Waals surface area contributed by atoms with Crippen LogP contribution in [-0.2, 0) is 0 Å². The van der Waals surface area contributed by atoms with Crippen molar-refractivity contribution in [3.05, 3.63) is 28.6 Å². The number of aromatic nitrogens is 2. The minimum absolute atomic E-state index is 0.351. The summed E-state index contributed by atoms with van der Waals surface area (Å²) < 4.78 is 5.89. The third-order valence-electron chi connectivity index (χ3n) is 1.28. The van der Waals surface area contributed by atoms with Gasteiger partial charge in [0.2, 0.25) is 5.88 Å². The summed E-state index contributed by atoms with van der Waals surface area (Å²) in [4.78, 5) is 7.69. The highest BCUT2D eigenvalue weighted by atomic mass is 79.9. The molecule has 13 heavy (non-hydrogen) atoms. The van der Waals surface area contributed by atoms with Crippen LogP contribution in [0.4, 0.5) is 0 Å². The molecule has 1 aromatic heterocycles. The SMILES string of the molecule is C=CCCOc1ncnc(Cl)c1Br. The maximum Gasteiger partial charge on any atom is 0.232 e. The van der Waals surface area contributed by atoms with Gasteiger partial charge in [-0.2, -0.15) is 0 Å². The van der Waals surface area contributed by atoms with Gasteiger partial charge in [0.15, 0.2) is 5.15 Å². The lowest BCUT2D eigenvalue weighted by atomic mass is 10.4. The first-order valence-electron chi connectivity index (χ1n) is 3.65. The molecule has 0 N–H and O–H groups in total. The zero-order valence-electron chi connectivity index (χ0n) is 6.83. The highest BCUT2D eigenvalue weighted by molar-refractivity contribution is 9.10. The minimum Gasteiger partial charge on any atom is -0.476 e. The fraction of sp³-hybridized carbons (Fsp3) is 0.250. The summed E-state index contributed by atoms with van der Waals surface area (Å²) in [6, 6.07) is 0. The second-order valence-corrected chi connectivity index (χ2v) is 3.36. The second-order valence-electron chi connectivity index (χ2n) is 2.21. The summed E-state index contributed by atoms with van der Waals surface area (Å²) >= 11 is 8.95. The average Bonchev–Trinajstić information content (AvgIpc) is 2.13. The van der Waals surface area contributed by atoms with Crippen LogP contribution in [0.15, 0.2) is 23.5 Å². The third-order valence-corrected chi connectivity index (χ3v) is 2.51. The Labute approximate surface area is 89.9 Å². The van der Waals surface area contributed by atoms with Gasteiger partial charge in [-0.15, -0.1) is 6.58 Å². The molecule has 0 aliphatic heterocycles. The maximum atomic E-state index is 5.73. The van der Waals surface area contributed by atoms with Gasteiger partial charge in [-0.1, -0.05) is 17.7 Å². The van der Waals surface area contributed by atoms with Crippen LogP contribution >= 0.6 is 27.5 Å². The quantitative estimate of drug-likeness (QED) is 0.476. The van der Waals surface area contributed by atoms with Gasteiger partial charge >= 0.3 is 0 Å². The Hall–Kier alpha value is -0.610. The van der Waals surface area contributed by atoms with Crippen molar-refractivity contribution in [2.45, 2.75) is 6.42 Å². The first-order chi connectivity index (χ1) is 6.25. The molecule has 0 aliphatic carbocycles. The van der Waals surface area contributed by atoms with E-state index in [-0.39, 0.29) is 0 Å². The lowest BCUT2D eigenvalue weighted by molar-refractivity contribution is 0.309. The largest absolute Gasteiger partial charge is 0.476 e. The number of nitrogens with zero attached hydrogens (tertiary/aromatic N) is 2. The van der Waals surface area contributed by atoms with E-state index in [0.29, 0.717) is 22.1 Å². The number of rotatable bonds is 4. The Morgan fingerprint density at radius 3 is 3.08 bits per heavy atom. The van der Waals surface area contributed by atoms with E-state index >= 15 is 0 Å². The summed E-state index contributed by atoms with van der Waals surface area (Å²) in [6.45, 7) is 4.12. The molecule has 0 saturated carbocycles. The van der Waals surface area contributed by atoms with E-state index in [1.807, 2.05) is 0 Å². The number of hydrogen-bond donors (Lipinski definition) is 0. The first-order valence-corrected chi connectivity index (χ1v) is 4.82. The highest BCUT2D eigenvalue weighted by Crippen LogP contribution is 2.27. The maximum absolute atomic E-state index is 5.73. The smallest absolute Gasteiger partial charge is 0.232 e. The molecule has 1 aromatic rings. The summed E-state index contributed by atoms with van der Waals surface area (Å²) in [5.74, 6) is 0.460. The molecule has 0 unspecified atom stereocenters. The molecule has 5 heteroatoms. The first kappa shape index (κ1) is 10.5. The zero-order chi connectivity index (χ0) is 9.68. The Balaban J connectivity index is 2.65. The number of hydrogen-bond acceptors (Lipinski definition) is 3. The summed E-state index contributed by atoms with van der Waals surface area (Å²) in [5.41, 5.74) is 0. The molecule has 0 amide bonds. The number of halogens is 2. The van der Waals surface area contributed by atoms with Crippen molar-refractivity contribution in [1.29, 1.82) is 0 Å². The van der Waals surface area contributed by atoms with Gasteiger partial charge in [-0.05, 0) is 22.4 Å². The molecule has 70 valence electrons. The van der Waals surface area contributed by atoms with Crippen molar-refractivity contribution >= 4 is 27.5 Å². The van der Waals surface area contributed by atoms with Crippen LogP contribution in [0.3, 0.4) is 0 Å². The molecule has 0 atom stereocenters. The minimum atomic E-state index is 0.351. The van der Waals surface area contributed by atoms with E-state index in [9.17, 15) is 0 Å². The van der Waals surface area contributed by atoms with E-state index in [1.165, 1.54) is 6.33 Å². The van der Waals surface area contributed by atoms with Crippen molar-refractivity contribution in [1.82, 2.24) is 9.97 Å². The molecular formula is C8H8BrClN2O. The van der Waals surface area contributed by atoms with E-state index in [4.69, 9.17) is 16.3 Å². The topological polar surface area (TPSA) is 35.0 Å². The second kappa shape index (κ2) is 5.19. The fourth-order valence-corrected chi connectivity index (χ4v) is 1.12. The monoisotopic (exact) mass is 262 g/mol. The van der Waals surface area contributed by atoms with Crippen LogP contribution < -0.4 is 4.74 Å². The van der Waals surface area contributed by atoms with Crippen molar-refractivity contribution in [2.75, 3.05) is 6.61 Å². The lowest BCUT2D eigenvalue weighted by Crippen LogP contribution is -1.99. The number of ether oxygens (including phenoxy) is 1. The van der Waals surface area contributed by atoms with Gasteiger partial charge in [-0.3, -0.25) is 0 Å². The summed E-state index contributed by atoms with van der Waals surface area (Å²) in [7, 11) is 0. The summed E-state index contributed by atoms with van der Waals surface area (Å²) in [6.07, 6.45) is 3.90. The molecule has 0 fully saturated rings. The molecule has 1 rings (SSSR count). The third kappa shape index (κ3) is 2.97. The van der Waals surface area contributed by atoms with Gasteiger partial charge in [0.1, 0.15) is 10.8 Å². The highest BCUT2D eigenvalue weighted by Gasteiger charge is 2.06. The Kier molecular flexibility index (Phi) is 4.18. The predicted molar refractivity (Wildman–Crippen MR) is 55.1 cm³/mol. The van der Waals surface area contributed by atoms with Gasteiger partial charge in [-0.25, -0.2) is 9.97 Å². The lowest BCUT2D eigenvalue weighted by Gasteiger charge is -2.04. The summed E-state index contributed by atoms with van der Waals surface area (Å²) in [5, 5.41) is 0.351. The molecule has 0 radical (unpaired) electrons. The van der Waals surface area contributed by atoms with Crippen molar-refractivity contribution in [3.8, 4) is 5.88 Å². The van der Waals surface area contributed by atoms with Crippen molar-refractivity contribution < 1.29 is 4.74 Å². The molecule has 0 aliphatic rings. The Bertz CT molecular complexity index is 306. The Morgan fingerprint density at radius 1 is 1.62 bits per heavy atom. The molecule has 0 spiro atoms. The van der Waals surface area contributed by atoms with Crippen LogP contribution in [0.2, 0.25) is 5.15 Å². The molecule has 0 saturated heterocycles. The van der Waals surface area contributed by atoms with Gasteiger partial charge < -0.3 is 4.74 Å². The van der Waals surface area contributed by atoms with Crippen LogP contribution in [-0.4, -0.2) is 16.6 Å². The van der Waals surface area contributed by atoms with E-state index in [1.54, 1.807) is 6.08 Å². The average molecular weight is 264 g/mol. The van der Waals surface area contributed by atoms with Crippen LogP contribution in [0.1, 0.15) is 6.42 Å². The predicted octanol–water partition coefficient (Wildman–Crippen LogP) is 2.85. The molecular weight excluding hydrogens is 255 g/mol. The fourth-order valence-electron chi connectivity index (χ4n) is 0.673. The zero-order valence-corrected chi connectivity index (χ0v) is 9.18. The van der Waals surface area contributed by atoms with Crippen molar-refractivity contribution in [3.63, 3.8) is 0 Å². The molecule has 3 nitrogen and oxygen atoms in total. The molecule has 1 heterocycles. The molecule has 0 aromatic carbocycles.